The molecule has 5 N–H and O–H groups in total. The van der Waals surface area contributed by atoms with Gasteiger partial charge < -0.3 is 16.8 Å². The first kappa shape index (κ1) is 9.48. The highest BCUT2D eigenvalue weighted by molar-refractivity contribution is 5.77. The van der Waals surface area contributed by atoms with Crippen LogP contribution in [0.25, 0.3) is 0 Å². The van der Waals surface area contributed by atoms with E-state index < -0.39 is 5.54 Å². The fourth-order valence-corrected chi connectivity index (χ4v) is 1.05. The second kappa shape index (κ2) is 3.03. The van der Waals surface area contributed by atoms with Crippen LogP contribution in [0.4, 0.5) is 0 Å². The normalized spacial score (nSPS) is 28.3. The third kappa shape index (κ3) is 3.19. The molecule has 0 aromatic rings. The summed E-state index contributed by atoms with van der Waals surface area (Å²) in [5.41, 5.74) is 10.8. The highest BCUT2D eigenvalue weighted by Crippen LogP contribution is 2.18. The van der Waals surface area contributed by atoms with Gasteiger partial charge in [-0.1, -0.05) is 0 Å². The van der Waals surface area contributed by atoms with Crippen molar-refractivity contribution in [3.8, 4) is 0 Å². The van der Waals surface area contributed by atoms with Crippen molar-refractivity contribution >= 4 is 5.91 Å². The van der Waals surface area contributed by atoms with Crippen molar-refractivity contribution in [2.24, 2.45) is 11.5 Å². The molecule has 0 heterocycles. The molecule has 2 unspecified atom stereocenters. The van der Waals surface area contributed by atoms with Crippen LogP contribution in [0.5, 0.6) is 0 Å². The first-order valence-corrected chi connectivity index (χ1v) is 4.22. The Bertz CT molecular complexity index is 185. The minimum atomic E-state index is -0.428. The summed E-state index contributed by atoms with van der Waals surface area (Å²) in [6.07, 6.45) is 1.26. The van der Waals surface area contributed by atoms with E-state index in [9.17, 15) is 4.79 Å². The van der Waals surface area contributed by atoms with Crippen molar-refractivity contribution in [2.75, 3.05) is 0 Å². The lowest BCUT2D eigenvalue weighted by Gasteiger charge is -2.17. The maximum absolute atomic E-state index is 11.2. The molecule has 1 saturated carbocycles. The van der Waals surface area contributed by atoms with Crippen LogP contribution >= 0.6 is 0 Å². The molecule has 12 heavy (non-hydrogen) atoms. The van der Waals surface area contributed by atoms with Gasteiger partial charge in [0.05, 0.1) is 0 Å². The summed E-state index contributed by atoms with van der Waals surface area (Å²) in [5.74, 6) is 0.000417. The largest absolute Gasteiger partial charge is 0.352 e. The van der Waals surface area contributed by atoms with Gasteiger partial charge in [0.1, 0.15) is 0 Å². The van der Waals surface area contributed by atoms with E-state index in [0.717, 1.165) is 6.42 Å². The Morgan fingerprint density at radius 2 is 2.17 bits per heavy atom. The fourth-order valence-electron chi connectivity index (χ4n) is 1.05. The van der Waals surface area contributed by atoms with Crippen LogP contribution in [0, 0.1) is 0 Å². The summed E-state index contributed by atoms with van der Waals surface area (Å²) >= 11 is 0. The summed E-state index contributed by atoms with van der Waals surface area (Å²) in [6.45, 7) is 3.67. The zero-order chi connectivity index (χ0) is 9.35. The summed E-state index contributed by atoms with van der Waals surface area (Å²) in [7, 11) is 0. The number of carbonyl (C=O) groups is 1. The van der Waals surface area contributed by atoms with Gasteiger partial charge in [-0.15, -0.1) is 0 Å². The molecule has 1 amide bonds. The van der Waals surface area contributed by atoms with E-state index in [0.29, 0.717) is 6.42 Å². The quantitative estimate of drug-likeness (QED) is 0.526. The van der Waals surface area contributed by atoms with E-state index >= 15 is 0 Å². The van der Waals surface area contributed by atoms with Crippen molar-refractivity contribution in [2.45, 2.75) is 44.3 Å². The van der Waals surface area contributed by atoms with Crippen LogP contribution in [0.1, 0.15) is 26.7 Å². The van der Waals surface area contributed by atoms with Crippen molar-refractivity contribution in [3.63, 3.8) is 0 Å². The molecule has 70 valence electrons. The lowest BCUT2D eigenvalue weighted by Crippen LogP contribution is -2.40. The SMILES string of the molecule is CC(C)(N)CC(=O)NC1CC1N. The second-order valence-electron chi connectivity index (χ2n) is 4.24. The molecule has 1 fully saturated rings. The van der Waals surface area contributed by atoms with Gasteiger partial charge in [-0.3, -0.25) is 4.79 Å². The highest BCUT2D eigenvalue weighted by atomic mass is 16.1. The van der Waals surface area contributed by atoms with Crippen LogP contribution in [0.3, 0.4) is 0 Å². The summed E-state index contributed by atoms with van der Waals surface area (Å²) in [5, 5.41) is 2.82. The molecule has 0 aromatic carbocycles. The molecule has 0 spiro atoms. The lowest BCUT2D eigenvalue weighted by atomic mass is 10.0. The first-order valence-electron chi connectivity index (χ1n) is 4.22. The van der Waals surface area contributed by atoms with E-state index in [2.05, 4.69) is 5.32 Å². The standard InChI is InChI=1S/C8H17N3O/c1-8(2,10)4-7(12)11-6-3-5(6)9/h5-6H,3-4,9-10H2,1-2H3,(H,11,12). The lowest BCUT2D eigenvalue weighted by molar-refractivity contribution is -0.122. The van der Waals surface area contributed by atoms with Gasteiger partial charge >= 0.3 is 0 Å². The molecule has 2 atom stereocenters. The minimum absolute atomic E-state index is 0.000417. The number of hydrogen-bond donors (Lipinski definition) is 3. The van der Waals surface area contributed by atoms with Gasteiger partial charge in [-0.2, -0.15) is 0 Å². The second-order valence-corrected chi connectivity index (χ2v) is 4.24. The molecule has 0 saturated heterocycles. The molecule has 4 nitrogen and oxygen atoms in total. The number of rotatable bonds is 3. The van der Waals surface area contributed by atoms with Gasteiger partial charge in [0.15, 0.2) is 0 Å². The Labute approximate surface area is 72.7 Å². The third-order valence-corrected chi connectivity index (χ3v) is 1.80. The highest BCUT2D eigenvalue weighted by Gasteiger charge is 2.35. The topological polar surface area (TPSA) is 81.1 Å². The Balaban J connectivity index is 2.21. The zero-order valence-electron chi connectivity index (χ0n) is 7.63. The van der Waals surface area contributed by atoms with Crippen LogP contribution < -0.4 is 16.8 Å². The number of hydrogen-bond acceptors (Lipinski definition) is 3. The number of nitrogens with two attached hydrogens (primary N) is 2. The molecule has 0 aliphatic heterocycles. The van der Waals surface area contributed by atoms with Crippen LogP contribution in [0.2, 0.25) is 0 Å². The van der Waals surface area contributed by atoms with Crippen molar-refractivity contribution < 1.29 is 4.79 Å². The molecule has 4 heteroatoms. The van der Waals surface area contributed by atoms with E-state index in [1.165, 1.54) is 0 Å². The average molecular weight is 171 g/mol. The van der Waals surface area contributed by atoms with Gasteiger partial charge in [0.25, 0.3) is 0 Å². The van der Waals surface area contributed by atoms with E-state index in [4.69, 9.17) is 11.5 Å². The molecule has 1 aliphatic carbocycles. The summed E-state index contributed by atoms with van der Waals surface area (Å²) < 4.78 is 0. The molecule has 1 rings (SSSR count). The van der Waals surface area contributed by atoms with Crippen molar-refractivity contribution in [1.82, 2.24) is 5.32 Å². The van der Waals surface area contributed by atoms with Crippen molar-refractivity contribution in [3.05, 3.63) is 0 Å². The first-order chi connectivity index (χ1) is 5.38. The van der Waals surface area contributed by atoms with Crippen molar-refractivity contribution in [1.29, 1.82) is 0 Å². The van der Waals surface area contributed by atoms with Crippen LogP contribution in [0.15, 0.2) is 0 Å². The van der Waals surface area contributed by atoms with Gasteiger partial charge in [0.2, 0.25) is 5.91 Å². The van der Waals surface area contributed by atoms with Crippen LogP contribution in [-0.4, -0.2) is 23.5 Å². The third-order valence-electron chi connectivity index (χ3n) is 1.80. The maximum Gasteiger partial charge on any atom is 0.222 e. The zero-order valence-corrected chi connectivity index (χ0v) is 7.63. The minimum Gasteiger partial charge on any atom is -0.352 e. The van der Waals surface area contributed by atoms with E-state index in [1.807, 2.05) is 13.8 Å². The Kier molecular flexibility index (Phi) is 2.39. The van der Waals surface area contributed by atoms with Gasteiger partial charge in [0, 0.05) is 24.0 Å². The summed E-state index contributed by atoms with van der Waals surface area (Å²) in [4.78, 5) is 11.2. The Hall–Kier alpha value is -0.610. The maximum atomic E-state index is 11.2. The Morgan fingerprint density at radius 3 is 2.50 bits per heavy atom. The fraction of sp³-hybridized carbons (Fsp3) is 0.875. The Morgan fingerprint density at radius 1 is 1.67 bits per heavy atom. The molecular formula is C8H17N3O. The number of amides is 1. The molecular weight excluding hydrogens is 154 g/mol. The van der Waals surface area contributed by atoms with Gasteiger partial charge in [-0.05, 0) is 20.3 Å². The summed E-state index contributed by atoms with van der Waals surface area (Å²) in [6, 6.07) is 0.356. The predicted molar refractivity (Wildman–Crippen MR) is 47.4 cm³/mol. The predicted octanol–water partition coefficient (Wildman–Crippen LogP) is -0.670. The smallest absolute Gasteiger partial charge is 0.222 e. The van der Waals surface area contributed by atoms with E-state index in [1.54, 1.807) is 0 Å². The number of nitrogens with one attached hydrogen (secondary N) is 1. The number of carbonyl (C=O) groups excluding carboxylic acids is 1. The van der Waals surface area contributed by atoms with E-state index in [-0.39, 0.29) is 18.0 Å². The molecule has 1 aliphatic rings. The van der Waals surface area contributed by atoms with Gasteiger partial charge in [-0.25, -0.2) is 0 Å². The molecule has 0 radical (unpaired) electrons. The average Bonchev–Trinajstić information content (AvgIpc) is 2.40. The molecule has 0 bridgehead atoms. The van der Waals surface area contributed by atoms with Crippen LogP contribution in [-0.2, 0) is 4.79 Å². The monoisotopic (exact) mass is 171 g/mol. The molecule has 0 aromatic heterocycles.